The monoisotopic (exact) mass is 547 g/mol. The molecular weight excluding hydrogens is 521 g/mol. The van der Waals surface area contributed by atoms with Crippen molar-refractivity contribution in [2.24, 2.45) is 0 Å². The van der Waals surface area contributed by atoms with Gasteiger partial charge in [0, 0.05) is 36.1 Å². The van der Waals surface area contributed by atoms with E-state index in [1.807, 2.05) is 6.07 Å². The molecule has 0 saturated carbocycles. The van der Waals surface area contributed by atoms with Crippen molar-refractivity contribution < 1.29 is 18.0 Å². The molecule has 0 saturated heterocycles. The molecule has 0 radical (unpaired) electrons. The zero-order chi connectivity index (χ0) is 25.5. The quantitative estimate of drug-likeness (QED) is 0.439. The van der Waals surface area contributed by atoms with Crippen LogP contribution in [0, 0.1) is 0 Å². The lowest BCUT2D eigenvalue weighted by Gasteiger charge is -2.29. The van der Waals surface area contributed by atoms with Crippen molar-refractivity contribution >= 4 is 62.3 Å². The van der Waals surface area contributed by atoms with E-state index in [2.05, 4.69) is 5.32 Å². The van der Waals surface area contributed by atoms with Crippen LogP contribution in [0.25, 0.3) is 0 Å². The number of hydrogen-bond acceptors (Lipinski definition) is 4. The lowest BCUT2D eigenvalue weighted by molar-refractivity contribution is -0.140. The third-order valence-corrected chi connectivity index (χ3v) is 7.06. The van der Waals surface area contributed by atoms with Gasteiger partial charge in [-0.2, -0.15) is 0 Å². The highest BCUT2D eigenvalue weighted by Crippen LogP contribution is 2.31. The summed E-state index contributed by atoms with van der Waals surface area (Å²) in [5.74, 6) is -0.564. The second-order valence-corrected chi connectivity index (χ2v) is 10.9. The van der Waals surface area contributed by atoms with E-state index >= 15 is 0 Å². The molecule has 2 rings (SSSR count). The fourth-order valence-electron chi connectivity index (χ4n) is 3.40. The first-order valence-electron chi connectivity index (χ1n) is 10.7. The highest BCUT2D eigenvalue weighted by molar-refractivity contribution is 7.92. The minimum absolute atomic E-state index is 0.0190. The van der Waals surface area contributed by atoms with Crippen molar-refractivity contribution in [3.63, 3.8) is 0 Å². The molecule has 0 fully saturated rings. The molecule has 186 valence electrons. The summed E-state index contributed by atoms with van der Waals surface area (Å²) < 4.78 is 25.9. The number of rotatable bonds is 11. The number of amides is 2. The molecule has 2 amide bonds. The van der Waals surface area contributed by atoms with Crippen LogP contribution in [0.4, 0.5) is 5.69 Å². The molecular formula is C23H28Cl3N3O4S. The molecule has 0 aromatic heterocycles. The Morgan fingerprint density at radius 3 is 2.35 bits per heavy atom. The summed E-state index contributed by atoms with van der Waals surface area (Å²) in [5, 5.41) is 3.83. The van der Waals surface area contributed by atoms with Crippen LogP contribution >= 0.6 is 34.8 Å². The average molecular weight is 549 g/mol. The standard InChI is InChI=1S/C23H28Cl3N3O4S/c1-4-27-23(31)16(2)28(15-17-7-5-8-18(24)13-17)22(30)9-6-12-29(34(3,32)33)21-14-19(25)10-11-20(21)26/h5,7-8,10-11,13-14,16H,4,6,9,12,15H2,1-3H3,(H,27,31)/t16-/m0/s1. The maximum atomic E-state index is 13.2. The van der Waals surface area contributed by atoms with Crippen molar-refractivity contribution in [3.05, 3.63) is 63.1 Å². The molecule has 11 heteroatoms. The van der Waals surface area contributed by atoms with Gasteiger partial charge in [0.05, 0.1) is 17.0 Å². The van der Waals surface area contributed by atoms with Crippen molar-refractivity contribution in [2.45, 2.75) is 39.3 Å². The molecule has 1 N–H and O–H groups in total. The van der Waals surface area contributed by atoms with Gasteiger partial charge < -0.3 is 10.2 Å². The van der Waals surface area contributed by atoms with Crippen LogP contribution in [0.5, 0.6) is 0 Å². The van der Waals surface area contributed by atoms with Gasteiger partial charge in [0.15, 0.2) is 0 Å². The summed E-state index contributed by atoms with van der Waals surface area (Å²) in [7, 11) is -3.68. The molecule has 2 aromatic carbocycles. The van der Waals surface area contributed by atoms with Gasteiger partial charge in [0.1, 0.15) is 6.04 Å². The highest BCUT2D eigenvalue weighted by Gasteiger charge is 2.27. The number of halogens is 3. The Hall–Kier alpha value is -2.00. The highest BCUT2D eigenvalue weighted by atomic mass is 35.5. The largest absolute Gasteiger partial charge is 0.355 e. The van der Waals surface area contributed by atoms with E-state index in [0.29, 0.717) is 16.6 Å². The second-order valence-electron chi connectivity index (χ2n) is 7.76. The van der Waals surface area contributed by atoms with Gasteiger partial charge in [-0.1, -0.05) is 46.9 Å². The first-order valence-corrected chi connectivity index (χ1v) is 13.7. The van der Waals surface area contributed by atoms with Crippen molar-refractivity contribution in [3.8, 4) is 0 Å². The fraction of sp³-hybridized carbons (Fsp3) is 0.391. The zero-order valence-electron chi connectivity index (χ0n) is 19.2. The molecule has 0 heterocycles. The summed E-state index contributed by atoms with van der Waals surface area (Å²) >= 11 is 18.3. The van der Waals surface area contributed by atoms with Crippen LogP contribution in [-0.2, 0) is 26.2 Å². The van der Waals surface area contributed by atoms with Gasteiger partial charge in [-0.05, 0) is 56.2 Å². The number of hydrogen-bond donors (Lipinski definition) is 1. The normalized spacial score (nSPS) is 12.2. The molecule has 0 bridgehead atoms. The van der Waals surface area contributed by atoms with Crippen molar-refractivity contribution in [1.29, 1.82) is 0 Å². The van der Waals surface area contributed by atoms with Gasteiger partial charge >= 0.3 is 0 Å². The Balaban J connectivity index is 2.19. The number of benzene rings is 2. The molecule has 34 heavy (non-hydrogen) atoms. The number of nitrogens with one attached hydrogen (secondary N) is 1. The Labute approximate surface area is 216 Å². The summed E-state index contributed by atoms with van der Waals surface area (Å²) in [4.78, 5) is 27.1. The van der Waals surface area contributed by atoms with Crippen LogP contribution in [0.2, 0.25) is 15.1 Å². The number of likely N-dealkylation sites (N-methyl/N-ethyl adjacent to an activating group) is 1. The van der Waals surface area contributed by atoms with Crippen LogP contribution in [0.1, 0.15) is 32.3 Å². The first kappa shape index (κ1) is 28.2. The van der Waals surface area contributed by atoms with E-state index in [1.54, 1.807) is 38.1 Å². The Kier molecular flexibility index (Phi) is 10.5. The second kappa shape index (κ2) is 12.6. The Bertz CT molecular complexity index is 1130. The average Bonchev–Trinajstić information content (AvgIpc) is 2.75. The molecule has 0 aliphatic carbocycles. The molecule has 7 nitrogen and oxygen atoms in total. The van der Waals surface area contributed by atoms with E-state index in [4.69, 9.17) is 34.8 Å². The minimum Gasteiger partial charge on any atom is -0.355 e. The summed E-state index contributed by atoms with van der Waals surface area (Å²) in [6.45, 7) is 4.10. The van der Waals surface area contributed by atoms with Crippen LogP contribution < -0.4 is 9.62 Å². The predicted octanol–water partition coefficient (Wildman–Crippen LogP) is 4.75. The molecule has 1 atom stereocenters. The van der Waals surface area contributed by atoms with Crippen molar-refractivity contribution in [2.75, 3.05) is 23.7 Å². The fourth-order valence-corrected chi connectivity index (χ4v) is 5.01. The van der Waals surface area contributed by atoms with Gasteiger partial charge in [0.2, 0.25) is 21.8 Å². The third-order valence-electron chi connectivity index (χ3n) is 5.09. The first-order chi connectivity index (χ1) is 15.9. The van der Waals surface area contributed by atoms with Gasteiger partial charge in [0.25, 0.3) is 0 Å². The summed E-state index contributed by atoms with van der Waals surface area (Å²) in [5.41, 5.74) is 1.02. The molecule has 2 aromatic rings. The molecule has 0 aliphatic rings. The number of carbonyl (C=O) groups excluding carboxylic acids is 2. The maximum Gasteiger partial charge on any atom is 0.242 e. The summed E-state index contributed by atoms with van der Waals surface area (Å²) in [6, 6.07) is 10.9. The van der Waals surface area contributed by atoms with Gasteiger partial charge in [-0.15, -0.1) is 0 Å². The Morgan fingerprint density at radius 2 is 1.74 bits per heavy atom. The molecule has 0 unspecified atom stereocenters. The molecule has 0 aliphatic heterocycles. The Morgan fingerprint density at radius 1 is 1.06 bits per heavy atom. The lowest BCUT2D eigenvalue weighted by Crippen LogP contribution is -2.47. The smallest absolute Gasteiger partial charge is 0.242 e. The number of sulfonamides is 1. The van der Waals surface area contributed by atoms with Gasteiger partial charge in [-0.3, -0.25) is 13.9 Å². The van der Waals surface area contributed by atoms with E-state index in [-0.39, 0.29) is 48.5 Å². The lowest BCUT2D eigenvalue weighted by atomic mass is 10.1. The van der Waals surface area contributed by atoms with E-state index in [0.717, 1.165) is 16.1 Å². The van der Waals surface area contributed by atoms with E-state index in [1.165, 1.54) is 17.0 Å². The number of anilines is 1. The van der Waals surface area contributed by atoms with Crippen molar-refractivity contribution in [1.82, 2.24) is 10.2 Å². The summed E-state index contributed by atoms with van der Waals surface area (Å²) in [6.07, 6.45) is 1.30. The third kappa shape index (κ3) is 8.05. The maximum absolute atomic E-state index is 13.2. The van der Waals surface area contributed by atoms with Crippen LogP contribution in [-0.4, -0.2) is 50.5 Å². The van der Waals surface area contributed by atoms with Crippen LogP contribution in [0.15, 0.2) is 42.5 Å². The van der Waals surface area contributed by atoms with E-state index < -0.39 is 16.1 Å². The van der Waals surface area contributed by atoms with Gasteiger partial charge in [-0.25, -0.2) is 8.42 Å². The number of nitrogens with zero attached hydrogens (tertiary/aromatic N) is 2. The van der Waals surface area contributed by atoms with Crippen LogP contribution in [0.3, 0.4) is 0 Å². The topological polar surface area (TPSA) is 86.8 Å². The SMILES string of the molecule is CCNC(=O)[C@H](C)N(Cc1cccc(Cl)c1)C(=O)CCCN(c1cc(Cl)ccc1Cl)S(C)(=O)=O. The minimum atomic E-state index is -3.68. The van der Waals surface area contributed by atoms with E-state index in [9.17, 15) is 18.0 Å². The molecule has 0 spiro atoms. The zero-order valence-corrected chi connectivity index (χ0v) is 22.3. The number of carbonyl (C=O) groups is 2. The predicted molar refractivity (Wildman–Crippen MR) is 138 cm³/mol.